The normalized spacial score (nSPS) is 18.3. The monoisotopic (exact) mass is 951 g/mol. The zero-order valence-electron chi connectivity index (χ0n) is 39.2. The molecule has 380 valence electrons. The van der Waals surface area contributed by atoms with Crippen molar-refractivity contribution in [2.45, 2.75) is 166 Å². The van der Waals surface area contributed by atoms with Gasteiger partial charge in [-0.25, -0.2) is 0 Å². The third-order valence-electron chi connectivity index (χ3n) is 11.1. The van der Waals surface area contributed by atoms with Crippen LogP contribution in [0.4, 0.5) is 0 Å². The highest BCUT2D eigenvalue weighted by molar-refractivity contribution is 5.99. The van der Waals surface area contributed by atoms with Crippen molar-refractivity contribution in [1.82, 2.24) is 26.6 Å². The van der Waals surface area contributed by atoms with Gasteiger partial charge in [-0.1, -0.05) is 38.5 Å². The van der Waals surface area contributed by atoms with Crippen LogP contribution in [0.15, 0.2) is 18.2 Å². The molecule has 0 aliphatic carbocycles. The van der Waals surface area contributed by atoms with E-state index in [0.717, 1.165) is 64.2 Å². The molecule has 1 aliphatic rings. The summed E-state index contributed by atoms with van der Waals surface area (Å²) in [5.74, 6) is -2.11. The second kappa shape index (κ2) is 34.4. The van der Waals surface area contributed by atoms with Crippen molar-refractivity contribution < 1.29 is 63.1 Å². The molecule has 21 heteroatoms. The summed E-state index contributed by atoms with van der Waals surface area (Å²) in [4.78, 5) is 84.2. The molecule has 0 aromatic heterocycles. The van der Waals surface area contributed by atoms with Crippen molar-refractivity contribution in [3.63, 3.8) is 0 Å². The van der Waals surface area contributed by atoms with Crippen LogP contribution in [0.25, 0.3) is 0 Å². The van der Waals surface area contributed by atoms with Crippen molar-refractivity contribution in [3.8, 4) is 5.75 Å². The van der Waals surface area contributed by atoms with E-state index < -0.39 is 66.9 Å². The van der Waals surface area contributed by atoms with Crippen LogP contribution in [-0.4, -0.2) is 139 Å². The van der Waals surface area contributed by atoms with Gasteiger partial charge in [-0.15, -0.1) is 0 Å². The van der Waals surface area contributed by atoms with Crippen molar-refractivity contribution in [2.75, 3.05) is 46.0 Å². The Morgan fingerprint density at radius 2 is 1.21 bits per heavy atom. The molecule has 67 heavy (non-hydrogen) atoms. The highest BCUT2D eigenvalue weighted by Crippen LogP contribution is 2.23. The van der Waals surface area contributed by atoms with Crippen LogP contribution in [0.5, 0.6) is 5.75 Å². The molecule has 0 spiro atoms. The number of benzene rings is 1. The maximum absolute atomic E-state index is 12.9. The fourth-order valence-corrected chi connectivity index (χ4v) is 7.24. The quantitative estimate of drug-likeness (QED) is 0.0403. The average Bonchev–Trinajstić information content (AvgIpc) is 3.29. The Morgan fingerprint density at radius 1 is 0.657 bits per heavy atom. The minimum absolute atomic E-state index is 0.0462. The summed E-state index contributed by atoms with van der Waals surface area (Å²) < 4.78 is 17.0. The molecule has 14 N–H and O–H groups in total. The van der Waals surface area contributed by atoms with Crippen LogP contribution < -0.4 is 48.5 Å². The maximum Gasteiger partial charge on any atom is 0.251 e. The number of carbonyl (C=O) groups excluding carboxylic acids is 7. The molecular formula is C46H78N8O13. The van der Waals surface area contributed by atoms with Crippen LogP contribution >= 0.6 is 0 Å². The minimum Gasteiger partial charge on any atom is -0.494 e. The number of hydrogen-bond donors (Lipinski definition) is 11. The number of ether oxygens (including phenoxy) is 3. The van der Waals surface area contributed by atoms with Gasteiger partial charge in [0.25, 0.3) is 5.91 Å². The zero-order chi connectivity index (χ0) is 49.4. The number of rotatable bonds is 37. The minimum atomic E-state index is -1.41. The summed E-state index contributed by atoms with van der Waals surface area (Å²) in [6.45, 7) is 2.34. The lowest BCUT2D eigenvalue weighted by Crippen LogP contribution is -2.64. The predicted molar refractivity (Wildman–Crippen MR) is 248 cm³/mol. The molecule has 0 bridgehead atoms. The molecule has 1 aromatic rings. The smallest absolute Gasteiger partial charge is 0.251 e. The van der Waals surface area contributed by atoms with E-state index >= 15 is 0 Å². The van der Waals surface area contributed by atoms with Gasteiger partial charge in [-0.2, -0.15) is 0 Å². The summed E-state index contributed by atoms with van der Waals surface area (Å²) in [6, 6.07) is 2.53. The second-order valence-corrected chi connectivity index (χ2v) is 16.9. The summed E-state index contributed by atoms with van der Waals surface area (Å²) in [6.07, 6.45) is 9.17. The van der Waals surface area contributed by atoms with E-state index in [1.165, 1.54) is 25.1 Å². The lowest BCUT2D eigenvalue weighted by molar-refractivity contribution is -0.270. The molecule has 0 radical (unpaired) electrons. The largest absolute Gasteiger partial charge is 0.494 e. The first-order valence-electron chi connectivity index (χ1n) is 23.8. The summed E-state index contributed by atoms with van der Waals surface area (Å²) >= 11 is 0. The first-order valence-corrected chi connectivity index (χ1v) is 23.8. The Labute approximate surface area is 394 Å². The molecule has 6 atom stereocenters. The average molecular weight is 951 g/mol. The molecule has 5 unspecified atom stereocenters. The lowest BCUT2D eigenvalue weighted by Gasteiger charge is -2.42. The van der Waals surface area contributed by atoms with Gasteiger partial charge < -0.3 is 73.3 Å². The summed E-state index contributed by atoms with van der Waals surface area (Å²) in [5, 5.41) is 43.6. The fourth-order valence-electron chi connectivity index (χ4n) is 7.24. The highest BCUT2D eigenvalue weighted by Gasteiger charge is 2.45. The first-order chi connectivity index (χ1) is 32.1. The maximum atomic E-state index is 12.9. The number of amides is 7. The van der Waals surface area contributed by atoms with Crippen molar-refractivity contribution in [2.24, 2.45) is 17.2 Å². The van der Waals surface area contributed by atoms with Crippen LogP contribution in [0.3, 0.4) is 0 Å². The highest BCUT2D eigenvalue weighted by atomic mass is 16.7. The molecule has 1 aromatic carbocycles. The van der Waals surface area contributed by atoms with Gasteiger partial charge >= 0.3 is 0 Å². The molecule has 1 aliphatic heterocycles. The van der Waals surface area contributed by atoms with Gasteiger partial charge in [0.2, 0.25) is 35.4 Å². The van der Waals surface area contributed by atoms with Crippen molar-refractivity contribution >= 4 is 41.4 Å². The van der Waals surface area contributed by atoms with E-state index in [1.54, 1.807) is 0 Å². The van der Waals surface area contributed by atoms with E-state index in [9.17, 15) is 48.9 Å². The number of aliphatic hydroxyl groups is 3. The topological polar surface area (TPSA) is 346 Å². The molecule has 21 nitrogen and oxygen atoms in total. The number of nitrogens with two attached hydrogens (primary N) is 3. The van der Waals surface area contributed by atoms with E-state index in [0.29, 0.717) is 76.8 Å². The van der Waals surface area contributed by atoms with Crippen molar-refractivity contribution in [3.05, 3.63) is 29.3 Å². The van der Waals surface area contributed by atoms with E-state index in [4.69, 9.17) is 31.4 Å². The number of nitrogens with one attached hydrogen (secondary N) is 5. The Morgan fingerprint density at radius 3 is 1.82 bits per heavy atom. The van der Waals surface area contributed by atoms with Gasteiger partial charge in [0.1, 0.15) is 30.1 Å². The standard InChI is InChI=1S/C46H78N8O13/c1-31(56)54-40-42(61)41(60)36(30-55)67-46(40)66-26-16-12-20-39(59)51-22-14-11-17-35(47)45(64)53-24-23-52-44(63)33-27-32(43(49)62)28-34(29-33)65-25-15-8-13-21-50-38(58)19-10-7-5-3-2-4-6-9-18-37(48)57/h27-29,35-36,40-42,46,55,60-61H,2-26,30,47H2,1H3,(H2,48,57)(H2,49,62)(H,50,58)(H,51,59)(H,52,63)(H,53,64)(H,54,56)/t35-,36?,40?,41?,42?,46?/m0/s1. The Hall–Kier alpha value is -4.93. The Kier molecular flexibility index (Phi) is 29.9. The SMILES string of the molecule is CC(=O)NC1C(OCCCCC(=O)NCCCC[C@H](N)C(=O)NCCNC(=O)c2cc(OCCCCCNC(=O)CCCCCCCCCCC(N)=O)cc(C(N)=O)c2)OC(CO)C(O)C1O. The Balaban J connectivity index is 1.54. The van der Waals surface area contributed by atoms with Gasteiger partial charge in [-0.05, 0) is 82.4 Å². The van der Waals surface area contributed by atoms with Gasteiger partial charge in [-0.3, -0.25) is 33.6 Å². The molecule has 1 fully saturated rings. The van der Waals surface area contributed by atoms with Crippen LogP contribution in [-0.2, 0) is 33.4 Å². The van der Waals surface area contributed by atoms with E-state index in [-0.39, 0.29) is 55.0 Å². The van der Waals surface area contributed by atoms with Gasteiger partial charge in [0.05, 0.1) is 19.3 Å². The number of unbranched alkanes of at least 4 members (excludes halogenated alkanes) is 11. The summed E-state index contributed by atoms with van der Waals surface area (Å²) in [5.41, 5.74) is 17.0. The van der Waals surface area contributed by atoms with E-state index in [1.807, 2.05) is 0 Å². The zero-order valence-corrected chi connectivity index (χ0v) is 39.2. The molecule has 2 rings (SSSR count). The van der Waals surface area contributed by atoms with E-state index in [2.05, 4.69) is 26.6 Å². The molecule has 0 saturated carbocycles. The predicted octanol–water partition coefficient (Wildman–Crippen LogP) is 0.428. The third-order valence-corrected chi connectivity index (χ3v) is 11.1. The summed E-state index contributed by atoms with van der Waals surface area (Å²) in [7, 11) is 0. The number of hydrogen-bond acceptors (Lipinski definition) is 14. The van der Waals surface area contributed by atoms with Crippen molar-refractivity contribution in [1.29, 1.82) is 0 Å². The lowest BCUT2D eigenvalue weighted by atomic mass is 9.97. The Bertz CT molecular complexity index is 1670. The second-order valence-electron chi connectivity index (χ2n) is 16.9. The third kappa shape index (κ3) is 25.7. The number of carbonyl (C=O) groups is 7. The fraction of sp³-hybridized carbons (Fsp3) is 0.717. The van der Waals surface area contributed by atoms with Crippen LogP contribution in [0.1, 0.15) is 150 Å². The molecule has 7 amide bonds. The molecule has 1 saturated heterocycles. The van der Waals surface area contributed by atoms with Gasteiger partial charge in [0.15, 0.2) is 6.29 Å². The van der Waals surface area contributed by atoms with Crippen LogP contribution in [0.2, 0.25) is 0 Å². The first kappa shape index (κ1) is 58.2. The molecule has 1 heterocycles. The number of primary amides is 2. The van der Waals surface area contributed by atoms with Gasteiger partial charge in [0, 0.05) is 70.1 Å². The molecular weight excluding hydrogens is 873 g/mol. The number of aliphatic hydroxyl groups excluding tert-OH is 3. The van der Waals surface area contributed by atoms with Crippen LogP contribution in [0, 0.1) is 0 Å².